The number of nitrogens with zero attached hydrogens (tertiary/aromatic N) is 1. The number of carbonyl (C=O) groups excluding carboxylic acids is 1. The van der Waals surface area contributed by atoms with Crippen LogP contribution in [0.4, 0.5) is 0 Å². The molecule has 0 spiro atoms. The van der Waals surface area contributed by atoms with Gasteiger partial charge in [0.15, 0.2) is 0 Å². The predicted molar refractivity (Wildman–Crippen MR) is 66.3 cm³/mol. The van der Waals surface area contributed by atoms with E-state index < -0.39 is 0 Å². The van der Waals surface area contributed by atoms with Crippen molar-refractivity contribution in [2.75, 3.05) is 26.8 Å². The molecule has 0 atom stereocenters. The summed E-state index contributed by atoms with van der Waals surface area (Å²) in [5, 5.41) is 9.65. The number of phenols is 1. The lowest BCUT2D eigenvalue weighted by Gasteiger charge is -2.17. The van der Waals surface area contributed by atoms with Crippen LogP contribution in [-0.4, -0.2) is 42.7 Å². The van der Waals surface area contributed by atoms with Crippen molar-refractivity contribution in [3.63, 3.8) is 0 Å². The Labute approximate surface area is 102 Å². The zero-order valence-electron chi connectivity index (χ0n) is 10.6. The Morgan fingerprint density at radius 2 is 2.18 bits per heavy atom. The van der Waals surface area contributed by atoms with Gasteiger partial charge >= 0.3 is 0 Å². The van der Waals surface area contributed by atoms with E-state index >= 15 is 0 Å². The molecule has 1 amide bonds. The highest BCUT2D eigenvalue weighted by molar-refractivity contribution is 5.96. The number of amides is 1. The van der Waals surface area contributed by atoms with E-state index in [9.17, 15) is 9.90 Å². The Kier molecular flexibility index (Phi) is 4.97. The Hall–Kier alpha value is -1.55. The fourth-order valence-electron chi connectivity index (χ4n) is 1.47. The molecule has 1 aromatic carbocycles. The number of benzene rings is 1. The van der Waals surface area contributed by atoms with Gasteiger partial charge in [-0.3, -0.25) is 4.79 Å². The van der Waals surface area contributed by atoms with Gasteiger partial charge in [-0.05, 0) is 26.0 Å². The van der Waals surface area contributed by atoms with Crippen LogP contribution in [0.15, 0.2) is 18.2 Å². The largest absolute Gasteiger partial charge is 0.507 e. The molecular formula is C13H19NO3. The molecule has 0 aliphatic heterocycles. The highest BCUT2D eigenvalue weighted by atomic mass is 16.5. The van der Waals surface area contributed by atoms with E-state index in [1.54, 1.807) is 30.1 Å². The molecule has 0 saturated heterocycles. The highest BCUT2D eigenvalue weighted by Crippen LogP contribution is 2.19. The van der Waals surface area contributed by atoms with Crippen LogP contribution in [0.25, 0.3) is 0 Å². The van der Waals surface area contributed by atoms with E-state index in [-0.39, 0.29) is 11.7 Å². The summed E-state index contributed by atoms with van der Waals surface area (Å²) in [6.07, 6.45) is 0. The third kappa shape index (κ3) is 3.75. The van der Waals surface area contributed by atoms with Gasteiger partial charge in [0.05, 0.1) is 12.2 Å². The van der Waals surface area contributed by atoms with Crippen molar-refractivity contribution >= 4 is 5.91 Å². The van der Waals surface area contributed by atoms with Gasteiger partial charge in [-0.25, -0.2) is 0 Å². The topological polar surface area (TPSA) is 49.8 Å². The van der Waals surface area contributed by atoms with Gasteiger partial charge in [0.25, 0.3) is 5.91 Å². The summed E-state index contributed by atoms with van der Waals surface area (Å²) in [6, 6.07) is 5.00. The number of hydrogen-bond donors (Lipinski definition) is 1. The molecule has 1 aromatic rings. The van der Waals surface area contributed by atoms with Gasteiger partial charge in [-0.1, -0.05) is 11.6 Å². The number of likely N-dealkylation sites (N-methyl/N-ethyl adjacent to an activating group) is 1. The van der Waals surface area contributed by atoms with Crippen LogP contribution in [0.1, 0.15) is 22.8 Å². The van der Waals surface area contributed by atoms with Crippen LogP contribution >= 0.6 is 0 Å². The maximum Gasteiger partial charge on any atom is 0.257 e. The summed E-state index contributed by atoms with van der Waals surface area (Å²) in [6.45, 7) is 5.45. The van der Waals surface area contributed by atoms with Gasteiger partial charge in [-0.2, -0.15) is 0 Å². The molecule has 0 aromatic heterocycles. The smallest absolute Gasteiger partial charge is 0.257 e. The Morgan fingerprint density at radius 3 is 2.82 bits per heavy atom. The van der Waals surface area contributed by atoms with E-state index in [0.29, 0.717) is 25.3 Å². The summed E-state index contributed by atoms with van der Waals surface area (Å²) in [5.41, 5.74) is 1.29. The summed E-state index contributed by atoms with van der Waals surface area (Å²) < 4.78 is 5.19. The molecule has 1 N–H and O–H groups in total. The quantitative estimate of drug-likeness (QED) is 0.794. The second-order valence-corrected chi connectivity index (χ2v) is 3.94. The molecule has 0 bridgehead atoms. The molecule has 0 saturated carbocycles. The van der Waals surface area contributed by atoms with Gasteiger partial charge in [-0.15, -0.1) is 0 Å². The summed E-state index contributed by atoms with van der Waals surface area (Å²) in [7, 11) is 1.70. The van der Waals surface area contributed by atoms with Crippen molar-refractivity contribution in [1.82, 2.24) is 4.90 Å². The monoisotopic (exact) mass is 237 g/mol. The van der Waals surface area contributed by atoms with E-state index in [4.69, 9.17) is 4.74 Å². The molecule has 0 heterocycles. The van der Waals surface area contributed by atoms with Crippen LogP contribution in [-0.2, 0) is 4.74 Å². The number of ether oxygens (including phenoxy) is 1. The van der Waals surface area contributed by atoms with Crippen LogP contribution in [0, 0.1) is 6.92 Å². The molecule has 0 fully saturated rings. The fourth-order valence-corrected chi connectivity index (χ4v) is 1.47. The normalized spacial score (nSPS) is 10.3. The number of phenolic OH excluding ortho intramolecular Hbond substituents is 1. The zero-order valence-corrected chi connectivity index (χ0v) is 10.6. The number of hydrogen-bond acceptors (Lipinski definition) is 3. The number of rotatable bonds is 5. The van der Waals surface area contributed by atoms with Crippen molar-refractivity contribution in [3.8, 4) is 5.75 Å². The minimum atomic E-state index is -0.189. The molecule has 4 heteroatoms. The lowest BCUT2D eigenvalue weighted by atomic mass is 10.1. The molecule has 17 heavy (non-hydrogen) atoms. The van der Waals surface area contributed by atoms with Crippen molar-refractivity contribution < 1.29 is 14.6 Å². The number of aryl methyl sites for hydroxylation is 1. The average Bonchev–Trinajstić information content (AvgIpc) is 2.31. The lowest BCUT2D eigenvalue weighted by Crippen LogP contribution is -2.30. The summed E-state index contributed by atoms with van der Waals surface area (Å²) >= 11 is 0. The molecule has 0 radical (unpaired) electrons. The molecule has 1 rings (SSSR count). The fraction of sp³-hybridized carbons (Fsp3) is 0.462. The first-order valence-electron chi connectivity index (χ1n) is 5.69. The lowest BCUT2D eigenvalue weighted by molar-refractivity contribution is 0.0707. The average molecular weight is 237 g/mol. The molecule has 4 nitrogen and oxygen atoms in total. The first-order valence-corrected chi connectivity index (χ1v) is 5.69. The third-order valence-electron chi connectivity index (χ3n) is 2.50. The van der Waals surface area contributed by atoms with Crippen molar-refractivity contribution in [2.45, 2.75) is 13.8 Å². The van der Waals surface area contributed by atoms with Gasteiger partial charge in [0.1, 0.15) is 5.75 Å². The Morgan fingerprint density at radius 1 is 1.47 bits per heavy atom. The predicted octanol–water partition coefficient (Wildman–Crippen LogP) is 1.81. The van der Waals surface area contributed by atoms with Crippen molar-refractivity contribution in [3.05, 3.63) is 29.3 Å². The second kappa shape index (κ2) is 6.25. The Bertz CT molecular complexity index is 390. The van der Waals surface area contributed by atoms with E-state index in [0.717, 1.165) is 5.56 Å². The van der Waals surface area contributed by atoms with Crippen LogP contribution in [0.2, 0.25) is 0 Å². The first kappa shape index (κ1) is 13.5. The second-order valence-electron chi connectivity index (χ2n) is 3.94. The summed E-state index contributed by atoms with van der Waals surface area (Å²) in [5.74, 6) is -0.172. The zero-order chi connectivity index (χ0) is 12.8. The van der Waals surface area contributed by atoms with Crippen LogP contribution in [0.3, 0.4) is 0 Å². The van der Waals surface area contributed by atoms with Crippen molar-refractivity contribution in [2.24, 2.45) is 0 Å². The molecule has 0 aliphatic carbocycles. The number of aromatic hydroxyl groups is 1. The Balaban J connectivity index is 2.71. The van der Waals surface area contributed by atoms with Gasteiger partial charge in [0, 0.05) is 20.2 Å². The molecule has 94 valence electrons. The SMILES string of the molecule is CCOCCN(C)C(=O)c1cc(C)ccc1O. The highest BCUT2D eigenvalue weighted by Gasteiger charge is 2.15. The third-order valence-corrected chi connectivity index (χ3v) is 2.50. The minimum absolute atomic E-state index is 0.0175. The summed E-state index contributed by atoms with van der Waals surface area (Å²) in [4.78, 5) is 13.6. The van der Waals surface area contributed by atoms with Gasteiger partial charge < -0.3 is 14.7 Å². The van der Waals surface area contributed by atoms with Gasteiger partial charge in [0.2, 0.25) is 0 Å². The van der Waals surface area contributed by atoms with E-state index in [2.05, 4.69) is 0 Å². The van der Waals surface area contributed by atoms with E-state index in [1.807, 2.05) is 13.8 Å². The number of carbonyl (C=O) groups is 1. The molecule has 0 unspecified atom stereocenters. The maximum atomic E-state index is 12.0. The van der Waals surface area contributed by atoms with Crippen LogP contribution < -0.4 is 0 Å². The molecule has 0 aliphatic rings. The minimum Gasteiger partial charge on any atom is -0.507 e. The molecular weight excluding hydrogens is 218 g/mol. The van der Waals surface area contributed by atoms with Crippen LogP contribution in [0.5, 0.6) is 5.75 Å². The standard InChI is InChI=1S/C13H19NO3/c1-4-17-8-7-14(3)13(16)11-9-10(2)5-6-12(11)15/h5-6,9,15H,4,7-8H2,1-3H3. The van der Waals surface area contributed by atoms with Crippen molar-refractivity contribution in [1.29, 1.82) is 0 Å². The van der Waals surface area contributed by atoms with E-state index in [1.165, 1.54) is 0 Å². The maximum absolute atomic E-state index is 12.0. The first-order chi connectivity index (χ1) is 8.06.